The molecule has 0 saturated carbocycles. The zero-order valence-corrected chi connectivity index (χ0v) is 15.5. The van der Waals surface area contributed by atoms with E-state index in [1.807, 2.05) is 29.6 Å². The van der Waals surface area contributed by atoms with Crippen molar-refractivity contribution in [1.82, 2.24) is 10.2 Å². The number of benzene rings is 1. The molecule has 0 bridgehead atoms. The molecule has 2 heterocycles. The number of hydrogen-bond donors (Lipinski definition) is 1. The van der Waals surface area contributed by atoms with E-state index in [9.17, 15) is 9.59 Å². The van der Waals surface area contributed by atoms with E-state index in [2.05, 4.69) is 22.3 Å². The molecular weight excluding hydrogens is 348 g/mol. The molecule has 1 aromatic carbocycles. The average molecular weight is 372 g/mol. The maximum atomic E-state index is 12.0. The maximum absolute atomic E-state index is 12.0. The molecular formula is C20H24N2O3S. The van der Waals surface area contributed by atoms with Gasteiger partial charge in [-0.05, 0) is 17.0 Å². The molecule has 26 heavy (non-hydrogen) atoms. The summed E-state index contributed by atoms with van der Waals surface area (Å²) in [4.78, 5) is 27.0. The Balaban J connectivity index is 1.37. The van der Waals surface area contributed by atoms with E-state index in [0.717, 1.165) is 19.6 Å². The van der Waals surface area contributed by atoms with Gasteiger partial charge in [-0.2, -0.15) is 0 Å². The van der Waals surface area contributed by atoms with Crippen molar-refractivity contribution in [3.05, 3.63) is 58.3 Å². The van der Waals surface area contributed by atoms with Crippen molar-refractivity contribution in [3.8, 4) is 0 Å². The summed E-state index contributed by atoms with van der Waals surface area (Å²) in [7, 11) is 0. The van der Waals surface area contributed by atoms with Crippen molar-refractivity contribution in [2.75, 3.05) is 26.2 Å². The lowest BCUT2D eigenvalue weighted by atomic mass is 10.1. The molecule has 138 valence electrons. The molecule has 1 fully saturated rings. The van der Waals surface area contributed by atoms with E-state index in [1.54, 1.807) is 6.07 Å². The Morgan fingerprint density at radius 1 is 1.15 bits per heavy atom. The molecule has 6 heteroatoms. The van der Waals surface area contributed by atoms with Gasteiger partial charge in [-0.1, -0.05) is 36.4 Å². The molecule has 5 nitrogen and oxygen atoms in total. The van der Waals surface area contributed by atoms with Crippen LogP contribution >= 0.6 is 11.3 Å². The van der Waals surface area contributed by atoms with E-state index >= 15 is 0 Å². The molecule has 1 N–H and O–H groups in total. The van der Waals surface area contributed by atoms with Gasteiger partial charge in [0, 0.05) is 39.0 Å². The van der Waals surface area contributed by atoms with Crippen LogP contribution in [0.3, 0.4) is 0 Å². The predicted molar refractivity (Wildman–Crippen MR) is 102 cm³/mol. The summed E-state index contributed by atoms with van der Waals surface area (Å²) in [5, 5.41) is 4.77. The smallest absolute Gasteiger partial charge is 0.220 e. The number of hydrogen-bond acceptors (Lipinski definition) is 5. The summed E-state index contributed by atoms with van der Waals surface area (Å²) < 4.78 is 5.76. The van der Waals surface area contributed by atoms with Crippen LogP contribution in [0.15, 0.2) is 47.8 Å². The van der Waals surface area contributed by atoms with Crippen LogP contribution in [0, 0.1) is 0 Å². The van der Waals surface area contributed by atoms with Crippen LogP contribution in [-0.4, -0.2) is 48.9 Å². The maximum Gasteiger partial charge on any atom is 0.220 e. The Kier molecular flexibility index (Phi) is 6.94. The number of morpholine rings is 1. The molecule has 1 aliphatic heterocycles. The first-order chi connectivity index (χ1) is 12.7. The Morgan fingerprint density at radius 2 is 2.00 bits per heavy atom. The minimum absolute atomic E-state index is 0.00981. The second kappa shape index (κ2) is 9.62. The van der Waals surface area contributed by atoms with Crippen LogP contribution < -0.4 is 5.32 Å². The predicted octanol–water partition coefficient (Wildman–Crippen LogP) is 2.73. The summed E-state index contributed by atoms with van der Waals surface area (Å²) in [6.45, 7) is 3.74. The highest BCUT2D eigenvalue weighted by molar-refractivity contribution is 7.12. The molecule has 0 spiro atoms. The summed E-state index contributed by atoms with van der Waals surface area (Å²) in [6, 6.07) is 14.0. The molecule has 1 aromatic heterocycles. The van der Waals surface area contributed by atoms with Crippen molar-refractivity contribution >= 4 is 23.0 Å². The Bertz CT molecular complexity index is 703. The van der Waals surface area contributed by atoms with Gasteiger partial charge in [-0.3, -0.25) is 14.5 Å². The van der Waals surface area contributed by atoms with Crippen molar-refractivity contribution in [1.29, 1.82) is 0 Å². The van der Waals surface area contributed by atoms with Gasteiger partial charge in [0.15, 0.2) is 5.78 Å². The van der Waals surface area contributed by atoms with Gasteiger partial charge in [0.2, 0.25) is 5.91 Å². The van der Waals surface area contributed by atoms with Crippen molar-refractivity contribution in [2.24, 2.45) is 0 Å². The fourth-order valence-electron chi connectivity index (χ4n) is 2.99. The number of rotatable bonds is 8. The second-order valence-corrected chi connectivity index (χ2v) is 7.37. The number of nitrogens with one attached hydrogen (secondary N) is 1. The number of amides is 1. The zero-order chi connectivity index (χ0) is 18.2. The number of ether oxygens (including phenoxy) is 1. The first-order valence-electron chi connectivity index (χ1n) is 8.92. The highest BCUT2D eigenvalue weighted by Gasteiger charge is 2.21. The van der Waals surface area contributed by atoms with E-state index in [4.69, 9.17) is 4.74 Å². The third-order valence-corrected chi connectivity index (χ3v) is 5.28. The second-order valence-electron chi connectivity index (χ2n) is 6.42. The first-order valence-corrected chi connectivity index (χ1v) is 9.80. The van der Waals surface area contributed by atoms with Gasteiger partial charge >= 0.3 is 0 Å². The van der Waals surface area contributed by atoms with Crippen molar-refractivity contribution < 1.29 is 14.3 Å². The number of Topliss-reactive ketones (excluding diaryl/α,β-unsaturated/α-hetero) is 1. The van der Waals surface area contributed by atoms with Gasteiger partial charge in [0.25, 0.3) is 0 Å². The van der Waals surface area contributed by atoms with Gasteiger partial charge in [0.1, 0.15) is 0 Å². The highest BCUT2D eigenvalue weighted by Crippen LogP contribution is 2.13. The summed E-state index contributed by atoms with van der Waals surface area (Å²) >= 11 is 1.41. The Hall–Kier alpha value is -2.02. The fraction of sp³-hybridized carbons (Fsp3) is 0.400. The fourth-order valence-corrected chi connectivity index (χ4v) is 3.69. The van der Waals surface area contributed by atoms with Gasteiger partial charge in [-0.25, -0.2) is 0 Å². The van der Waals surface area contributed by atoms with Gasteiger partial charge < -0.3 is 10.1 Å². The number of carbonyl (C=O) groups excluding carboxylic acids is 2. The van der Waals surface area contributed by atoms with E-state index in [-0.39, 0.29) is 30.6 Å². The lowest BCUT2D eigenvalue weighted by Crippen LogP contribution is -2.47. The molecule has 0 radical (unpaired) electrons. The third kappa shape index (κ3) is 5.76. The molecule has 2 aromatic rings. The molecule has 1 unspecified atom stereocenters. The summed E-state index contributed by atoms with van der Waals surface area (Å²) in [5.41, 5.74) is 1.28. The Labute approximate surface area is 158 Å². The minimum Gasteiger partial charge on any atom is -0.374 e. The average Bonchev–Trinajstić information content (AvgIpc) is 3.20. The van der Waals surface area contributed by atoms with E-state index in [1.165, 1.54) is 16.9 Å². The summed E-state index contributed by atoms with van der Waals surface area (Å²) in [6.07, 6.45) is 0.458. The van der Waals surface area contributed by atoms with Crippen LogP contribution in [0.4, 0.5) is 0 Å². The normalized spacial score (nSPS) is 17.8. The summed E-state index contributed by atoms with van der Waals surface area (Å²) in [5.74, 6) is -0.0724. The van der Waals surface area contributed by atoms with E-state index < -0.39 is 0 Å². The monoisotopic (exact) mass is 372 g/mol. The quantitative estimate of drug-likeness (QED) is 0.724. The SMILES string of the molecule is O=C(CCC(=O)c1cccs1)NCC1CN(Cc2ccccc2)CCO1. The Morgan fingerprint density at radius 3 is 2.77 bits per heavy atom. The molecule has 3 rings (SSSR count). The van der Waals surface area contributed by atoms with E-state index in [0.29, 0.717) is 18.0 Å². The molecule has 0 aliphatic carbocycles. The number of nitrogens with zero attached hydrogens (tertiary/aromatic N) is 1. The minimum atomic E-state index is -0.0984. The van der Waals surface area contributed by atoms with Crippen LogP contribution in [0.25, 0.3) is 0 Å². The van der Waals surface area contributed by atoms with Crippen LogP contribution in [0.1, 0.15) is 28.1 Å². The topological polar surface area (TPSA) is 58.6 Å². The number of carbonyl (C=O) groups is 2. The number of thiophene rings is 1. The molecule has 1 aliphatic rings. The lowest BCUT2D eigenvalue weighted by molar-refractivity contribution is -0.122. The van der Waals surface area contributed by atoms with Gasteiger partial charge in [0.05, 0.1) is 17.6 Å². The van der Waals surface area contributed by atoms with Crippen molar-refractivity contribution in [3.63, 3.8) is 0 Å². The van der Waals surface area contributed by atoms with Gasteiger partial charge in [-0.15, -0.1) is 11.3 Å². The zero-order valence-electron chi connectivity index (χ0n) is 14.7. The third-order valence-electron chi connectivity index (χ3n) is 4.37. The molecule has 1 atom stereocenters. The first kappa shape index (κ1) is 18.8. The molecule has 1 amide bonds. The van der Waals surface area contributed by atoms with Crippen molar-refractivity contribution in [2.45, 2.75) is 25.5 Å². The highest BCUT2D eigenvalue weighted by atomic mass is 32.1. The molecule has 1 saturated heterocycles. The van der Waals surface area contributed by atoms with Crippen LogP contribution in [-0.2, 0) is 16.1 Å². The van der Waals surface area contributed by atoms with Crippen LogP contribution in [0.5, 0.6) is 0 Å². The van der Waals surface area contributed by atoms with Crippen LogP contribution in [0.2, 0.25) is 0 Å². The lowest BCUT2D eigenvalue weighted by Gasteiger charge is -2.33. The number of ketones is 1. The largest absolute Gasteiger partial charge is 0.374 e. The standard InChI is InChI=1S/C20H24N2O3S/c23-18(19-7-4-12-26-19)8-9-20(24)21-13-17-15-22(10-11-25-17)14-16-5-2-1-3-6-16/h1-7,12,17H,8-11,13-15H2,(H,21,24).